The number of rotatable bonds is 7. The largest absolute Gasteiger partial charge is 0.447 e. The van der Waals surface area contributed by atoms with Crippen molar-refractivity contribution < 1.29 is 12.8 Å². The highest BCUT2D eigenvalue weighted by Gasteiger charge is 2.29. The molecule has 0 saturated carbocycles. The molecular weight excluding hydrogens is 264 g/mol. The minimum atomic E-state index is -3.55. The quantitative estimate of drug-likeness (QED) is 0.834. The predicted molar refractivity (Wildman–Crippen MR) is 75.3 cm³/mol. The van der Waals surface area contributed by atoms with Crippen LogP contribution in [0.1, 0.15) is 33.5 Å². The molecule has 0 spiro atoms. The highest BCUT2D eigenvalue weighted by Crippen LogP contribution is 2.21. The molecule has 1 N–H and O–H groups in total. The van der Waals surface area contributed by atoms with Crippen molar-refractivity contribution in [3.63, 3.8) is 0 Å². The molecule has 110 valence electrons. The lowest BCUT2D eigenvalue weighted by atomic mass is 10.1. The summed E-state index contributed by atoms with van der Waals surface area (Å²) >= 11 is 0. The Bertz CT molecular complexity index is 494. The lowest BCUT2D eigenvalue weighted by Gasteiger charge is -2.26. The summed E-state index contributed by atoms with van der Waals surface area (Å²) in [7, 11) is -1.96. The molecule has 6 heteroatoms. The predicted octanol–water partition coefficient (Wildman–Crippen LogP) is 2.05. The fourth-order valence-electron chi connectivity index (χ4n) is 1.62. The zero-order valence-corrected chi connectivity index (χ0v) is 13.1. The van der Waals surface area contributed by atoms with Crippen LogP contribution >= 0.6 is 0 Å². The Labute approximate surface area is 116 Å². The summed E-state index contributed by atoms with van der Waals surface area (Å²) in [5, 5.41) is 3.11. The van der Waals surface area contributed by atoms with Gasteiger partial charge in [0.05, 0.1) is 6.54 Å². The van der Waals surface area contributed by atoms with Crippen molar-refractivity contribution in [3.05, 3.63) is 17.9 Å². The first-order chi connectivity index (χ1) is 8.80. The normalized spacial score (nSPS) is 14.3. The molecule has 0 fully saturated rings. The first-order valence-corrected chi connectivity index (χ1v) is 8.02. The van der Waals surface area contributed by atoms with Gasteiger partial charge in [-0.1, -0.05) is 20.8 Å². The number of furan rings is 1. The summed E-state index contributed by atoms with van der Waals surface area (Å²) in [6.45, 7) is 9.22. The van der Waals surface area contributed by atoms with Gasteiger partial charge in [-0.05, 0) is 31.5 Å². The molecule has 0 radical (unpaired) electrons. The van der Waals surface area contributed by atoms with Crippen molar-refractivity contribution in [3.8, 4) is 0 Å². The Morgan fingerprint density at radius 2 is 1.95 bits per heavy atom. The van der Waals surface area contributed by atoms with Gasteiger partial charge in [-0.25, -0.2) is 8.42 Å². The maximum absolute atomic E-state index is 12.4. The maximum atomic E-state index is 12.4. The first kappa shape index (κ1) is 16.2. The van der Waals surface area contributed by atoms with Gasteiger partial charge in [0, 0.05) is 13.1 Å². The highest BCUT2D eigenvalue weighted by molar-refractivity contribution is 7.89. The standard InChI is InChI=1S/C13H24N2O3S/c1-6-14-9-12-7-8-13(18-12)19(16,17)15(5)11(4)10(2)3/h7-8,10-11,14H,6,9H2,1-5H3. The Hall–Kier alpha value is -0.850. The molecule has 1 heterocycles. The van der Waals surface area contributed by atoms with E-state index in [4.69, 9.17) is 4.42 Å². The Kier molecular flexibility index (Phi) is 5.58. The van der Waals surface area contributed by atoms with Crippen molar-refractivity contribution in [2.24, 2.45) is 5.92 Å². The van der Waals surface area contributed by atoms with Crippen LogP contribution in [0.25, 0.3) is 0 Å². The van der Waals surface area contributed by atoms with Gasteiger partial charge < -0.3 is 9.73 Å². The topological polar surface area (TPSA) is 62.6 Å². The molecule has 0 aliphatic carbocycles. The second-order valence-corrected chi connectivity index (χ2v) is 6.94. The number of sulfonamides is 1. The molecule has 1 rings (SSSR count). The molecule has 1 aromatic heterocycles. The zero-order valence-electron chi connectivity index (χ0n) is 12.3. The lowest BCUT2D eigenvalue weighted by molar-refractivity contribution is 0.303. The molecule has 0 aliphatic rings. The lowest BCUT2D eigenvalue weighted by Crippen LogP contribution is -2.38. The van der Waals surface area contributed by atoms with Gasteiger partial charge in [0.2, 0.25) is 5.09 Å². The third kappa shape index (κ3) is 3.81. The van der Waals surface area contributed by atoms with Crippen LogP contribution in [0.15, 0.2) is 21.6 Å². The minimum absolute atomic E-state index is 0.00963. The Morgan fingerprint density at radius 3 is 2.47 bits per heavy atom. The van der Waals surface area contributed by atoms with E-state index in [1.807, 2.05) is 27.7 Å². The van der Waals surface area contributed by atoms with Crippen LogP contribution in [0.3, 0.4) is 0 Å². The Morgan fingerprint density at radius 1 is 1.32 bits per heavy atom. The van der Waals surface area contributed by atoms with Crippen LogP contribution in [-0.2, 0) is 16.6 Å². The highest BCUT2D eigenvalue weighted by atomic mass is 32.2. The van der Waals surface area contributed by atoms with Crippen molar-refractivity contribution in [2.75, 3.05) is 13.6 Å². The summed E-state index contributed by atoms with van der Waals surface area (Å²) in [5.41, 5.74) is 0. The molecule has 1 unspecified atom stereocenters. The third-order valence-electron chi connectivity index (χ3n) is 3.36. The molecule has 0 aromatic carbocycles. The van der Waals surface area contributed by atoms with Crippen molar-refractivity contribution in [2.45, 2.75) is 45.4 Å². The van der Waals surface area contributed by atoms with E-state index in [0.717, 1.165) is 6.54 Å². The molecule has 19 heavy (non-hydrogen) atoms. The van der Waals surface area contributed by atoms with Crippen molar-refractivity contribution >= 4 is 10.0 Å². The molecule has 1 atom stereocenters. The number of nitrogens with one attached hydrogen (secondary N) is 1. The molecule has 0 aliphatic heterocycles. The average Bonchev–Trinajstić information content (AvgIpc) is 2.83. The number of hydrogen-bond acceptors (Lipinski definition) is 4. The van der Waals surface area contributed by atoms with Gasteiger partial charge in [0.1, 0.15) is 5.76 Å². The number of hydrogen-bond donors (Lipinski definition) is 1. The van der Waals surface area contributed by atoms with Crippen molar-refractivity contribution in [1.82, 2.24) is 9.62 Å². The van der Waals surface area contributed by atoms with Crippen LogP contribution in [0.2, 0.25) is 0 Å². The van der Waals surface area contributed by atoms with E-state index < -0.39 is 10.0 Å². The van der Waals surface area contributed by atoms with E-state index in [2.05, 4.69) is 5.32 Å². The minimum Gasteiger partial charge on any atom is -0.447 e. The second kappa shape index (κ2) is 6.54. The number of nitrogens with zero attached hydrogens (tertiary/aromatic N) is 1. The van der Waals surface area contributed by atoms with Crippen LogP contribution in [-0.4, -0.2) is 32.4 Å². The fraction of sp³-hybridized carbons (Fsp3) is 0.692. The summed E-state index contributed by atoms with van der Waals surface area (Å²) in [4.78, 5) is 0. The monoisotopic (exact) mass is 288 g/mol. The smallest absolute Gasteiger partial charge is 0.276 e. The average molecular weight is 288 g/mol. The van der Waals surface area contributed by atoms with E-state index >= 15 is 0 Å². The van der Waals surface area contributed by atoms with Crippen LogP contribution < -0.4 is 5.32 Å². The van der Waals surface area contributed by atoms with E-state index in [0.29, 0.717) is 12.3 Å². The molecule has 0 saturated heterocycles. The van der Waals surface area contributed by atoms with Gasteiger partial charge in [-0.3, -0.25) is 0 Å². The van der Waals surface area contributed by atoms with Crippen LogP contribution in [0.5, 0.6) is 0 Å². The molecular formula is C13H24N2O3S. The van der Waals surface area contributed by atoms with Gasteiger partial charge in [-0.15, -0.1) is 0 Å². The summed E-state index contributed by atoms with van der Waals surface area (Å²) < 4.78 is 31.5. The van der Waals surface area contributed by atoms with Gasteiger partial charge in [-0.2, -0.15) is 4.31 Å². The maximum Gasteiger partial charge on any atom is 0.276 e. The Balaban J connectivity index is 2.91. The molecule has 5 nitrogen and oxygen atoms in total. The van der Waals surface area contributed by atoms with Crippen LogP contribution in [0, 0.1) is 5.92 Å². The van der Waals surface area contributed by atoms with Gasteiger partial charge in [0.15, 0.2) is 0 Å². The van der Waals surface area contributed by atoms with E-state index in [-0.39, 0.29) is 17.1 Å². The summed E-state index contributed by atoms with van der Waals surface area (Å²) in [6, 6.07) is 3.14. The SMILES string of the molecule is CCNCc1ccc(S(=O)(=O)N(C)C(C)C(C)C)o1. The van der Waals surface area contributed by atoms with E-state index in [9.17, 15) is 8.42 Å². The summed E-state index contributed by atoms with van der Waals surface area (Å²) in [5.74, 6) is 0.877. The third-order valence-corrected chi connectivity index (χ3v) is 5.18. The fourth-order valence-corrected chi connectivity index (χ4v) is 3.04. The van der Waals surface area contributed by atoms with E-state index in [1.54, 1.807) is 13.1 Å². The van der Waals surface area contributed by atoms with Crippen LogP contribution in [0.4, 0.5) is 0 Å². The first-order valence-electron chi connectivity index (χ1n) is 6.58. The van der Waals surface area contributed by atoms with Gasteiger partial charge >= 0.3 is 0 Å². The second-order valence-electron chi connectivity index (χ2n) is 5.01. The van der Waals surface area contributed by atoms with Gasteiger partial charge in [0.25, 0.3) is 10.0 Å². The molecule has 0 bridgehead atoms. The van der Waals surface area contributed by atoms with Crippen molar-refractivity contribution in [1.29, 1.82) is 0 Å². The zero-order chi connectivity index (χ0) is 14.6. The molecule has 1 aromatic rings. The van der Waals surface area contributed by atoms with E-state index in [1.165, 1.54) is 10.4 Å². The molecule has 0 amide bonds. The summed E-state index contributed by atoms with van der Waals surface area (Å²) in [6.07, 6.45) is 0.